The van der Waals surface area contributed by atoms with E-state index < -0.39 is 0 Å². The summed E-state index contributed by atoms with van der Waals surface area (Å²) in [5.41, 5.74) is 2.09. The van der Waals surface area contributed by atoms with Crippen molar-refractivity contribution in [3.8, 4) is 11.4 Å². The Morgan fingerprint density at radius 2 is 1.85 bits per heavy atom. The number of H-pyrrole nitrogens is 1. The summed E-state index contributed by atoms with van der Waals surface area (Å²) in [6.45, 7) is 1.52. The topological polar surface area (TPSA) is 90.3 Å². The molecule has 4 aromatic rings. The van der Waals surface area contributed by atoms with Crippen molar-refractivity contribution in [1.29, 1.82) is 0 Å². The smallest absolute Gasteiger partial charge is 0.280 e. The van der Waals surface area contributed by atoms with Gasteiger partial charge in [-0.15, -0.1) is 0 Å². The Morgan fingerprint density at radius 1 is 1.03 bits per heavy atom. The van der Waals surface area contributed by atoms with Gasteiger partial charge in [0.15, 0.2) is 0 Å². The van der Waals surface area contributed by atoms with Gasteiger partial charge in [0.25, 0.3) is 11.1 Å². The number of methoxy groups -OCH3 is 2. The quantitative estimate of drug-likeness (QED) is 0.394. The highest BCUT2D eigenvalue weighted by Gasteiger charge is 2.18. The molecule has 0 aliphatic rings. The third-order valence-corrected chi connectivity index (χ3v) is 5.75. The number of hydrogen-bond acceptors (Lipinski definition) is 5. The normalized spacial score (nSPS) is 11.2. The molecular formula is C24H25ClN4O4. The van der Waals surface area contributed by atoms with Gasteiger partial charge in [0.05, 0.1) is 35.3 Å². The number of aromatic amines is 1. The van der Waals surface area contributed by atoms with Gasteiger partial charge in [-0.25, -0.2) is 4.68 Å². The molecule has 0 saturated heterocycles. The summed E-state index contributed by atoms with van der Waals surface area (Å²) in [5, 5.41) is 7.25. The van der Waals surface area contributed by atoms with Gasteiger partial charge in [-0.3, -0.25) is 14.7 Å². The zero-order valence-electron chi connectivity index (χ0n) is 18.4. The lowest BCUT2D eigenvalue weighted by Gasteiger charge is -2.14. The Balaban J connectivity index is 1.76. The zero-order chi connectivity index (χ0) is 23.4. The molecule has 0 aliphatic heterocycles. The third kappa shape index (κ3) is 4.73. The van der Waals surface area contributed by atoms with E-state index in [0.717, 1.165) is 11.3 Å². The first-order valence-corrected chi connectivity index (χ1v) is 10.9. The van der Waals surface area contributed by atoms with Crippen LogP contribution in [-0.4, -0.2) is 35.2 Å². The van der Waals surface area contributed by atoms with Gasteiger partial charge in [0, 0.05) is 38.5 Å². The van der Waals surface area contributed by atoms with Crippen molar-refractivity contribution in [2.45, 2.75) is 19.6 Å². The van der Waals surface area contributed by atoms with Crippen LogP contribution in [0.1, 0.15) is 11.3 Å². The van der Waals surface area contributed by atoms with Crippen LogP contribution in [0.4, 0.5) is 0 Å². The SMILES string of the molecule is COCCn1c(CNCc2cccc(OC)c2)c2c(=O)n(-c3ccccc3Cl)[nH]c2cc1=O. The van der Waals surface area contributed by atoms with E-state index in [9.17, 15) is 9.59 Å². The molecule has 0 amide bonds. The molecule has 2 N–H and O–H groups in total. The first kappa shape index (κ1) is 22.8. The average molecular weight is 469 g/mol. The van der Waals surface area contributed by atoms with Crippen LogP contribution < -0.4 is 21.2 Å². The second kappa shape index (κ2) is 10.1. The molecule has 2 heterocycles. The van der Waals surface area contributed by atoms with E-state index in [4.69, 9.17) is 21.1 Å². The summed E-state index contributed by atoms with van der Waals surface area (Å²) in [7, 11) is 3.20. The van der Waals surface area contributed by atoms with Gasteiger partial charge < -0.3 is 19.4 Å². The number of nitrogens with zero attached hydrogens (tertiary/aromatic N) is 2. The molecule has 9 heteroatoms. The van der Waals surface area contributed by atoms with E-state index in [1.165, 1.54) is 10.7 Å². The highest BCUT2D eigenvalue weighted by atomic mass is 35.5. The van der Waals surface area contributed by atoms with Gasteiger partial charge >= 0.3 is 0 Å². The van der Waals surface area contributed by atoms with E-state index in [2.05, 4.69) is 10.4 Å². The lowest BCUT2D eigenvalue weighted by Crippen LogP contribution is -2.29. The Hall–Kier alpha value is -3.33. The third-order valence-electron chi connectivity index (χ3n) is 5.43. The van der Waals surface area contributed by atoms with E-state index in [1.54, 1.807) is 43.1 Å². The maximum absolute atomic E-state index is 13.4. The van der Waals surface area contributed by atoms with Crippen LogP contribution in [0.3, 0.4) is 0 Å². The first-order chi connectivity index (χ1) is 16.0. The van der Waals surface area contributed by atoms with E-state index in [1.807, 2.05) is 24.3 Å². The number of pyridine rings is 1. The van der Waals surface area contributed by atoms with Crippen molar-refractivity contribution >= 4 is 22.5 Å². The van der Waals surface area contributed by atoms with Crippen molar-refractivity contribution < 1.29 is 9.47 Å². The van der Waals surface area contributed by atoms with E-state index in [0.29, 0.717) is 53.5 Å². The summed E-state index contributed by atoms with van der Waals surface area (Å²) >= 11 is 6.32. The Bertz CT molecular complexity index is 1390. The van der Waals surface area contributed by atoms with Gasteiger partial charge in [-0.1, -0.05) is 35.9 Å². The monoisotopic (exact) mass is 468 g/mol. The summed E-state index contributed by atoms with van der Waals surface area (Å²) in [5.74, 6) is 0.765. The van der Waals surface area contributed by atoms with Crippen molar-refractivity contribution in [1.82, 2.24) is 19.7 Å². The zero-order valence-corrected chi connectivity index (χ0v) is 19.2. The highest BCUT2D eigenvalue weighted by molar-refractivity contribution is 6.32. The number of para-hydroxylation sites is 1. The number of halogens is 1. The van der Waals surface area contributed by atoms with Crippen molar-refractivity contribution in [3.05, 3.63) is 91.6 Å². The molecule has 2 aromatic carbocycles. The molecule has 0 fully saturated rings. The number of rotatable bonds is 9. The summed E-state index contributed by atoms with van der Waals surface area (Å²) in [6.07, 6.45) is 0. The molecule has 172 valence electrons. The fourth-order valence-corrected chi connectivity index (χ4v) is 4.05. The summed E-state index contributed by atoms with van der Waals surface area (Å²) in [6, 6.07) is 16.2. The van der Waals surface area contributed by atoms with Crippen LogP contribution in [0.25, 0.3) is 16.6 Å². The van der Waals surface area contributed by atoms with Crippen molar-refractivity contribution in [2.75, 3.05) is 20.8 Å². The Morgan fingerprint density at radius 3 is 2.61 bits per heavy atom. The van der Waals surface area contributed by atoms with Gasteiger partial charge in [0.1, 0.15) is 5.75 Å². The molecule has 2 aromatic heterocycles. The predicted molar refractivity (Wildman–Crippen MR) is 129 cm³/mol. The Labute approximate surface area is 195 Å². The molecule has 0 saturated carbocycles. The molecule has 0 radical (unpaired) electrons. The number of benzene rings is 2. The molecule has 0 bridgehead atoms. The van der Waals surface area contributed by atoms with Crippen LogP contribution in [0.5, 0.6) is 5.75 Å². The van der Waals surface area contributed by atoms with Gasteiger partial charge in [-0.05, 0) is 29.8 Å². The molecule has 8 nitrogen and oxygen atoms in total. The first-order valence-electron chi connectivity index (χ1n) is 10.5. The molecule has 4 rings (SSSR count). The standard InChI is InChI=1S/C24H25ClN4O4/c1-32-11-10-28-21(15-26-14-16-6-5-7-17(12-16)33-2)23-19(13-22(28)30)27-29(24(23)31)20-9-4-3-8-18(20)25/h3-9,12-13,26-27H,10-11,14-15H2,1-2H3. The second-order valence-electron chi connectivity index (χ2n) is 7.52. The second-order valence-corrected chi connectivity index (χ2v) is 7.93. The van der Waals surface area contributed by atoms with E-state index in [-0.39, 0.29) is 11.1 Å². The van der Waals surface area contributed by atoms with Crippen molar-refractivity contribution in [3.63, 3.8) is 0 Å². The predicted octanol–water partition coefficient (Wildman–Crippen LogP) is 3.08. The van der Waals surface area contributed by atoms with Gasteiger partial charge in [-0.2, -0.15) is 0 Å². The minimum atomic E-state index is -0.276. The van der Waals surface area contributed by atoms with Gasteiger partial charge in [0.2, 0.25) is 0 Å². The number of fused-ring (bicyclic) bond motifs is 1. The van der Waals surface area contributed by atoms with Crippen LogP contribution in [-0.2, 0) is 24.4 Å². The van der Waals surface area contributed by atoms with Crippen LogP contribution in [0.2, 0.25) is 5.02 Å². The van der Waals surface area contributed by atoms with E-state index >= 15 is 0 Å². The minimum absolute atomic E-state index is 0.217. The molecule has 0 unspecified atom stereocenters. The average Bonchev–Trinajstić information content (AvgIpc) is 3.14. The Kier molecular flexibility index (Phi) is 6.98. The lowest BCUT2D eigenvalue weighted by atomic mass is 10.2. The van der Waals surface area contributed by atoms with Crippen molar-refractivity contribution in [2.24, 2.45) is 0 Å². The molecule has 33 heavy (non-hydrogen) atoms. The maximum Gasteiger partial charge on any atom is 0.280 e. The molecule has 0 aliphatic carbocycles. The fourth-order valence-electron chi connectivity index (χ4n) is 3.83. The fraction of sp³-hybridized carbons (Fsp3) is 0.250. The molecule has 0 spiro atoms. The maximum atomic E-state index is 13.4. The number of aromatic nitrogens is 3. The number of ether oxygens (including phenoxy) is 2. The molecular weight excluding hydrogens is 444 g/mol. The van der Waals surface area contributed by atoms with Crippen LogP contribution in [0, 0.1) is 0 Å². The molecule has 0 atom stereocenters. The number of hydrogen-bond donors (Lipinski definition) is 2. The lowest BCUT2D eigenvalue weighted by molar-refractivity contribution is 0.185. The minimum Gasteiger partial charge on any atom is -0.497 e. The van der Waals surface area contributed by atoms with Crippen LogP contribution in [0.15, 0.2) is 64.2 Å². The summed E-state index contributed by atoms with van der Waals surface area (Å²) < 4.78 is 13.4. The van der Waals surface area contributed by atoms with Crippen LogP contribution >= 0.6 is 11.6 Å². The summed E-state index contributed by atoms with van der Waals surface area (Å²) in [4.78, 5) is 26.3. The number of nitrogens with one attached hydrogen (secondary N) is 2. The largest absolute Gasteiger partial charge is 0.497 e. The highest BCUT2D eigenvalue weighted by Crippen LogP contribution is 2.20.